The Morgan fingerprint density at radius 2 is 1.95 bits per heavy atom. The van der Waals surface area contributed by atoms with Gasteiger partial charge in [0.25, 0.3) is 5.91 Å². The predicted molar refractivity (Wildman–Crippen MR) is 90.9 cm³/mol. The van der Waals surface area contributed by atoms with Crippen molar-refractivity contribution >= 4 is 33.4 Å². The average molecular weight is 385 g/mol. The molecule has 22 heavy (non-hydrogen) atoms. The third-order valence-corrected chi connectivity index (χ3v) is 4.74. The molecule has 1 fully saturated rings. The minimum atomic E-state index is -0.0910. The van der Waals surface area contributed by atoms with Gasteiger partial charge in [-0.2, -0.15) is 5.26 Å². The molecular weight excluding hydrogens is 366 g/mol. The summed E-state index contributed by atoms with van der Waals surface area (Å²) in [6.45, 7) is 6.76. The molecule has 0 radical (unpaired) electrons. The Balaban J connectivity index is 2.04. The van der Waals surface area contributed by atoms with Crippen LogP contribution in [0.3, 0.4) is 0 Å². The van der Waals surface area contributed by atoms with E-state index >= 15 is 0 Å². The summed E-state index contributed by atoms with van der Waals surface area (Å²) in [6.07, 6.45) is 0. The Hall–Kier alpha value is -1.09. The smallest absolute Gasteiger partial charge is 0.255 e. The molecule has 6 heteroatoms. The highest BCUT2D eigenvalue weighted by molar-refractivity contribution is 9.10. The van der Waals surface area contributed by atoms with Crippen LogP contribution in [0.15, 0.2) is 22.7 Å². The molecule has 4 nitrogen and oxygen atoms in total. The number of nitrogens with zero attached hydrogens (tertiary/aromatic N) is 3. The Bertz CT molecular complexity index is 592. The number of piperazine rings is 1. The first-order chi connectivity index (χ1) is 10.4. The van der Waals surface area contributed by atoms with Gasteiger partial charge in [0, 0.05) is 30.7 Å². The van der Waals surface area contributed by atoms with E-state index in [4.69, 9.17) is 11.6 Å². The van der Waals surface area contributed by atoms with Gasteiger partial charge in [-0.25, -0.2) is 0 Å². The van der Waals surface area contributed by atoms with E-state index in [9.17, 15) is 10.1 Å². The first-order valence-electron chi connectivity index (χ1n) is 7.32. The highest BCUT2D eigenvalue weighted by atomic mass is 79.9. The van der Waals surface area contributed by atoms with Crippen LogP contribution in [0.1, 0.15) is 24.2 Å². The van der Waals surface area contributed by atoms with E-state index in [0.717, 1.165) is 4.47 Å². The second-order valence-corrected chi connectivity index (χ2v) is 7.09. The average Bonchev–Trinajstić information content (AvgIpc) is 2.50. The van der Waals surface area contributed by atoms with Crippen LogP contribution in [0.5, 0.6) is 0 Å². The van der Waals surface area contributed by atoms with Crippen LogP contribution in [-0.2, 0) is 0 Å². The van der Waals surface area contributed by atoms with Crippen LogP contribution in [0, 0.1) is 17.2 Å². The van der Waals surface area contributed by atoms with Crippen LogP contribution >= 0.6 is 27.5 Å². The molecule has 118 valence electrons. The summed E-state index contributed by atoms with van der Waals surface area (Å²) in [5.74, 6) is 0.232. The maximum atomic E-state index is 12.6. The Morgan fingerprint density at radius 3 is 2.50 bits per heavy atom. The van der Waals surface area contributed by atoms with Gasteiger partial charge < -0.3 is 4.90 Å². The lowest BCUT2D eigenvalue weighted by Crippen LogP contribution is -2.52. The number of amides is 1. The van der Waals surface area contributed by atoms with Crippen LogP contribution in [-0.4, -0.2) is 47.9 Å². The fourth-order valence-electron chi connectivity index (χ4n) is 2.69. The minimum absolute atomic E-state index is 0.0518. The molecule has 1 amide bonds. The van der Waals surface area contributed by atoms with Gasteiger partial charge in [-0.05, 0) is 24.1 Å². The molecule has 1 aromatic rings. The van der Waals surface area contributed by atoms with Crippen molar-refractivity contribution in [1.29, 1.82) is 5.26 Å². The van der Waals surface area contributed by atoms with Crippen molar-refractivity contribution in [2.75, 3.05) is 26.2 Å². The van der Waals surface area contributed by atoms with E-state index in [-0.39, 0.29) is 17.9 Å². The fourth-order valence-corrected chi connectivity index (χ4v) is 3.25. The normalized spacial score (nSPS) is 17.4. The third kappa shape index (κ3) is 3.81. The van der Waals surface area contributed by atoms with Gasteiger partial charge >= 0.3 is 0 Å². The van der Waals surface area contributed by atoms with Crippen molar-refractivity contribution < 1.29 is 4.79 Å². The highest BCUT2D eigenvalue weighted by Gasteiger charge is 2.28. The van der Waals surface area contributed by atoms with Gasteiger partial charge in [0.2, 0.25) is 0 Å². The summed E-state index contributed by atoms with van der Waals surface area (Å²) in [6, 6.07) is 7.56. The molecular formula is C16H19BrClN3O. The maximum absolute atomic E-state index is 12.6. The Kier molecular flexibility index (Phi) is 5.85. The summed E-state index contributed by atoms with van der Waals surface area (Å²) in [5, 5.41) is 9.74. The quantitative estimate of drug-likeness (QED) is 0.802. The van der Waals surface area contributed by atoms with Crippen LogP contribution in [0.25, 0.3) is 0 Å². The number of halogens is 2. The molecule has 0 saturated carbocycles. The van der Waals surface area contributed by atoms with Gasteiger partial charge in [0.15, 0.2) is 0 Å². The molecule has 1 aromatic carbocycles. The molecule has 0 N–H and O–H groups in total. The summed E-state index contributed by atoms with van der Waals surface area (Å²) in [5.41, 5.74) is 0.519. The van der Waals surface area contributed by atoms with Gasteiger partial charge in [0.05, 0.1) is 16.7 Å². The molecule has 1 unspecified atom stereocenters. The molecule has 1 aliphatic heterocycles. The van der Waals surface area contributed by atoms with Crippen molar-refractivity contribution in [3.8, 4) is 6.07 Å². The van der Waals surface area contributed by atoms with Gasteiger partial charge in [-0.15, -0.1) is 0 Å². The largest absolute Gasteiger partial charge is 0.336 e. The fraction of sp³-hybridized carbons (Fsp3) is 0.500. The number of carbonyl (C=O) groups is 1. The number of nitriles is 1. The van der Waals surface area contributed by atoms with Crippen LogP contribution < -0.4 is 0 Å². The van der Waals surface area contributed by atoms with Crippen molar-refractivity contribution in [3.63, 3.8) is 0 Å². The van der Waals surface area contributed by atoms with E-state index in [1.165, 1.54) is 0 Å². The number of carbonyl (C=O) groups excluding carboxylic acids is 1. The number of hydrogen-bond donors (Lipinski definition) is 0. The molecule has 0 bridgehead atoms. The number of rotatable bonds is 3. The molecule has 1 aliphatic rings. The number of benzene rings is 1. The van der Waals surface area contributed by atoms with E-state index in [2.05, 4.69) is 26.9 Å². The zero-order valence-corrected chi connectivity index (χ0v) is 15.1. The highest BCUT2D eigenvalue weighted by Crippen LogP contribution is 2.23. The number of hydrogen-bond acceptors (Lipinski definition) is 3. The Labute approximate surface area is 144 Å². The van der Waals surface area contributed by atoms with E-state index in [1.807, 2.05) is 19.9 Å². The summed E-state index contributed by atoms with van der Waals surface area (Å²) in [4.78, 5) is 16.5. The minimum Gasteiger partial charge on any atom is -0.336 e. The maximum Gasteiger partial charge on any atom is 0.255 e. The molecule has 0 aliphatic carbocycles. The second kappa shape index (κ2) is 7.45. The van der Waals surface area contributed by atoms with Gasteiger partial charge in [-0.3, -0.25) is 9.69 Å². The lowest BCUT2D eigenvalue weighted by molar-refractivity contribution is 0.0577. The van der Waals surface area contributed by atoms with Gasteiger partial charge in [-0.1, -0.05) is 41.4 Å². The molecule has 0 spiro atoms. The Morgan fingerprint density at radius 1 is 1.32 bits per heavy atom. The van der Waals surface area contributed by atoms with E-state index < -0.39 is 0 Å². The van der Waals surface area contributed by atoms with Crippen LogP contribution in [0.2, 0.25) is 5.02 Å². The van der Waals surface area contributed by atoms with Crippen molar-refractivity contribution in [1.82, 2.24) is 9.80 Å². The lowest BCUT2D eigenvalue weighted by atomic mass is 10.0. The first kappa shape index (κ1) is 17.3. The lowest BCUT2D eigenvalue weighted by Gasteiger charge is -2.38. The van der Waals surface area contributed by atoms with E-state index in [1.54, 1.807) is 17.0 Å². The summed E-state index contributed by atoms with van der Waals surface area (Å²) < 4.78 is 0.836. The molecule has 2 rings (SSSR count). The van der Waals surface area contributed by atoms with Crippen LogP contribution in [0.4, 0.5) is 0 Å². The van der Waals surface area contributed by atoms with Crippen molar-refractivity contribution in [3.05, 3.63) is 33.3 Å². The summed E-state index contributed by atoms with van der Waals surface area (Å²) >= 11 is 9.50. The molecule has 0 aromatic heterocycles. The zero-order valence-electron chi connectivity index (χ0n) is 12.7. The predicted octanol–water partition coefficient (Wildman–Crippen LogP) is 3.41. The van der Waals surface area contributed by atoms with Crippen molar-refractivity contribution in [2.45, 2.75) is 19.9 Å². The standard InChI is InChI=1S/C16H19BrClN3O/c1-11(2)15(10-19)20-5-7-21(8-6-20)16(22)13-9-12(17)3-4-14(13)18/h3-4,9,11,15H,5-8H2,1-2H3. The van der Waals surface area contributed by atoms with E-state index in [0.29, 0.717) is 36.8 Å². The monoisotopic (exact) mass is 383 g/mol. The first-order valence-corrected chi connectivity index (χ1v) is 8.49. The SMILES string of the molecule is CC(C)C(C#N)N1CCN(C(=O)c2cc(Br)ccc2Cl)CC1. The topological polar surface area (TPSA) is 47.3 Å². The summed E-state index contributed by atoms with van der Waals surface area (Å²) in [7, 11) is 0. The van der Waals surface area contributed by atoms with Gasteiger partial charge in [0.1, 0.15) is 6.04 Å². The second-order valence-electron chi connectivity index (χ2n) is 5.77. The third-order valence-electron chi connectivity index (χ3n) is 3.92. The molecule has 1 saturated heterocycles. The van der Waals surface area contributed by atoms with Crippen molar-refractivity contribution in [2.24, 2.45) is 5.92 Å². The zero-order chi connectivity index (χ0) is 16.3. The molecule has 1 heterocycles. The molecule has 1 atom stereocenters.